The van der Waals surface area contributed by atoms with E-state index in [1.54, 1.807) is 11.8 Å². The number of nitrogens with two attached hydrogens (primary N) is 1. The van der Waals surface area contributed by atoms with Gasteiger partial charge in [0.1, 0.15) is 0 Å². The summed E-state index contributed by atoms with van der Waals surface area (Å²) in [5.41, 5.74) is 6.88. The predicted octanol–water partition coefficient (Wildman–Crippen LogP) is 3.69. The number of hydrogen-bond acceptors (Lipinski definition) is 4. The van der Waals surface area contributed by atoms with Crippen molar-refractivity contribution in [3.63, 3.8) is 0 Å². The van der Waals surface area contributed by atoms with Crippen molar-refractivity contribution in [2.45, 2.75) is 49.3 Å². The maximum Gasteiger partial charge on any atom is 0.241 e. The van der Waals surface area contributed by atoms with Gasteiger partial charge in [-0.2, -0.15) is 0 Å². The average molecular weight is 359 g/mol. The van der Waals surface area contributed by atoms with E-state index in [9.17, 15) is 4.79 Å². The van der Waals surface area contributed by atoms with Crippen LogP contribution in [0.2, 0.25) is 0 Å². The van der Waals surface area contributed by atoms with Gasteiger partial charge >= 0.3 is 0 Å². The number of ether oxygens (including phenoxy) is 1. The molecule has 1 aromatic rings. The van der Waals surface area contributed by atoms with Crippen LogP contribution in [0.25, 0.3) is 0 Å². The Bertz CT molecular complexity index is 496. The summed E-state index contributed by atoms with van der Waals surface area (Å²) in [5, 5.41) is 2.92. The lowest BCUT2D eigenvalue weighted by Gasteiger charge is -2.26. The molecule has 1 amide bonds. The van der Waals surface area contributed by atoms with Gasteiger partial charge in [0.2, 0.25) is 5.91 Å². The Morgan fingerprint density at radius 1 is 1.26 bits per heavy atom. The summed E-state index contributed by atoms with van der Waals surface area (Å²) in [6, 6.07) is 7.47. The van der Waals surface area contributed by atoms with Crippen LogP contribution in [0.5, 0.6) is 0 Å². The highest BCUT2D eigenvalue weighted by molar-refractivity contribution is 8.00. The molecule has 130 valence electrons. The van der Waals surface area contributed by atoms with E-state index < -0.39 is 6.04 Å². The molecule has 0 aliphatic carbocycles. The zero-order chi connectivity index (χ0) is 16.2. The molecule has 1 atom stereocenters. The SMILES string of the molecule is CC(C)(C)Sc1ccc(NC(=O)C(N)C2CCOCC2)cc1.Cl. The van der Waals surface area contributed by atoms with E-state index in [0.29, 0.717) is 13.2 Å². The van der Waals surface area contributed by atoms with E-state index in [1.807, 2.05) is 24.3 Å². The number of halogens is 1. The number of benzene rings is 1. The molecule has 0 radical (unpaired) electrons. The van der Waals surface area contributed by atoms with Crippen LogP contribution in [0.4, 0.5) is 5.69 Å². The number of thioether (sulfide) groups is 1. The molecule has 23 heavy (non-hydrogen) atoms. The highest BCUT2D eigenvalue weighted by Gasteiger charge is 2.26. The monoisotopic (exact) mass is 358 g/mol. The Hall–Kier alpha value is -0.750. The van der Waals surface area contributed by atoms with E-state index >= 15 is 0 Å². The van der Waals surface area contributed by atoms with Crippen molar-refractivity contribution >= 4 is 35.8 Å². The van der Waals surface area contributed by atoms with E-state index in [4.69, 9.17) is 10.5 Å². The van der Waals surface area contributed by atoms with Crippen molar-refractivity contribution < 1.29 is 9.53 Å². The molecule has 1 aromatic carbocycles. The molecule has 0 aromatic heterocycles. The number of rotatable bonds is 4. The summed E-state index contributed by atoms with van der Waals surface area (Å²) in [7, 11) is 0. The van der Waals surface area contributed by atoms with Gasteiger partial charge in [0, 0.05) is 28.5 Å². The van der Waals surface area contributed by atoms with Gasteiger partial charge in [0.15, 0.2) is 0 Å². The maximum absolute atomic E-state index is 12.2. The van der Waals surface area contributed by atoms with E-state index in [0.717, 1.165) is 18.5 Å². The van der Waals surface area contributed by atoms with Crippen molar-refractivity contribution in [2.24, 2.45) is 11.7 Å². The Balaban J connectivity index is 0.00000264. The number of nitrogens with one attached hydrogen (secondary N) is 1. The molecule has 1 unspecified atom stereocenters. The lowest BCUT2D eigenvalue weighted by atomic mass is 9.92. The van der Waals surface area contributed by atoms with Crippen LogP contribution in [0, 0.1) is 5.92 Å². The number of amides is 1. The Morgan fingerprint density at radius 3 is 2.35 bits per heavy atom. The molecule has 0 saturated carbocycles. The first-order valence-corrected chi connectivity index (χ1v) is 8.60. The van der Waals surface area contributed by atoms with E-state index in [-0.39, 0.29) is 29.0 Å². The summed E-state index contributed by atoms with van der Waals surface area (Å²) in [4.78, 5) is 13.4. The Kier molecular flexibility index (Phi) is 7.87. The number of carbonyl (C=O) groups is 1. The van der Waals surface area contributed by atoms with Crippen LogP contribution in [0.1, 0.15) is 33.6 Å². The van der Waals surface area contributed by atoms with Crippen LogP contribution in [0.15, 0.2) is 29.2 Å². The van der Waals surface area contributed by atoms with Crippen molar-refractivity contribution in [2.75, 3.05) is 18.5 Å². The first kappa shape index (κ1) is 20.3. The molecule has 1 fully saturated rings. The topological polar surface area (TPSA) is 64.4 Å². The molecule has 1 aliphatic rings. The summed E-state index contributed by atoms with van der Waals surface area (Å²) < 4.78 is 5.49. The standard InChI is InChI=1S/C17H26N2O2S.ClH/c1-17(2,3)22-14-6-4-13(5-7-14)19-16(20)15(18)12-8-10-21-11-9-12;/h4-7,12,15H,8-11,18H2,1-3H3,(H,19,20);1H. The van der Waals surface area contributed by atoms with Gasteiger partial charge in [-0.1, -0.05) is 20.8 Å². The minimum absolute atomic E-state index is 0. The molecule has 0 bridgehead atoms. The second-order valence-electron chi connectivity index (χ2n) is 6.70. The van der Waals surface area contributed by atoms with Crippen LogP contribution in [-0.2, 0) is 9.53 Å². The molecule has 0 spiro atoms. The van der Waals surface area contributed by atoms with Crippen LogP contribution < -0.4 is 11.1 Å². The number of carbonyl (C=O) groups excluding carboxylic acids is 1. The maximum atomic E-state index is 12.2. The van der Waals surface area contributed by atoms with Gasteiger partial charge in [0.25, 0.3) is 0 Å². The van der Waals surface area contributed by atoms with Crippen molar-refractivity contribution in [1.29, 1.82) is 0 Å². The van der Waals surface area contributed by atoms with Crippen molar-refractivity contribution in [1.82, 2.24) is 0 Å². The predicted molar refractivity (Wildman–Crippen MR) is 99.4 cm³/mol. The van der Waals surface area contributed by atoms with Crippen LogP contribution >= 0.6 is 24.2 Å². The summed E-state index contributed by atoms with van der Waals surface area (Å²) in [6.45, 7) is 7.94. The fourth-order valence-electron chi connectivity index (χ4n) is 2.47. The first-order valence-electron chi connectivity index (χ1n) is 7.78. The molecule has 1 aliphatic heterocycles. The van der Waals surface area contributed by atoms with Crippen molar-refractivity contribution in [3.05, 3.63) is 24.3 Å². The molecule has 4 nitrogen and oxygen atoms in total. The summed E-state index contributed by atoms with van der Waals surface area (Å²) in [6.07, 6.45) is 1.71. The fraction of sp³-hybridized carbons (Fsp3) is 0.588. The highest BCUT2D eigenvalue weighted by Crippen LogP contribution is 2.32. The Labute approximate surface area is 149 Å². The van der Waals surface area contributed by atoms with Gasteiger partial charge in [0.05, 0.1) is 6.04 Å². The normalized spacial score (nSPS) is 17.2. The third kappa shape index (κ3) is 6.71. The third-order valence-electron chi connectivity index (χ3n) is 3.62. The van der Waals surface area contributed by atoms with Crippen molar-refractivity contribution in [3.8, 4) is 0 Å². The lowest BCUT2D eigenvalue weighted by Crippen LogP contribution is -2.43. The first-order chi connectivity index (χ1) is 10.3. The molecule has 1 saturated heterocycles. The summed E-state index contributed by atoms with van der Waals surface area (Å²) >= 11 is 1.81. The minimum Gasteiger partial charge on any atom is -0.381 e. The highest BCUT2D eigenvalue weighted by atomic mass is 35.5. The third-order valence-corrected chi connectivity index (χ3v) is 4.74. The van der Waals surface area contributed by atoms with E-state index in [1.165, 1.54) is 4.90 Å². The van der Waals surface area contributed by atoms with E-state index in [2.05, 4.69) is 26.1 Å². The van der Waals surface area contributed by atoms with Gasteiger partial charge in [-0.25, -0.2) is 0 Å². The lowest BCUT2D eigenvalue weighted by molar-refractivity contribution is -0.119. The Morgan fingerprint density at radius 2 is 1.83 bits per heavy atom. The zero-order valence-electron chi connectivity index (χ0n) is 14.0. The molecule has 3 N–H and O–H groups in total. The summed E-state index contributed by atoms with van der Waals surface area (Å²) in [5.74, 6) is 0.104. The quantitative estimate of drug-likeness (QED) is 0.805. The molecule has 2 rings (SSSR count). The van der Waals surface area contributed by atoms with Crippen LogP contribution in [-0.4, -0.2) is 29.9 Å². The van der Waals surface area contributed by atoms with Gasteiger partial charge in [-0.05, 0) is 43.0 Å². The van der Waals surface area contributed by atoms with Crippen LogP contribution in [0.3, 0.4) is 0 Å². The second-order valence-corrected chi connectivity index (χ2v) is 8.60. The van der Waals surface area contributed by atoms with Gasteiger partial charge in [-0.15, -0.1) is 24.2 Å². The fourth-order valence-corrected chi connectivity index (χ4v) is 3.45. The molecular formula is C17H27ClN2O2S. The minimum atomic E-state index is -0.465. The second kappa shape index (κ2) is 8.92. The average Bonchev–Trinajstić information content (AvgIpc) is 2.48. The largest absolute Gasteiger partial charge is 0.381 e. The molecule has 1 heterocycles. The number of hydrogen-bond donors (Lipinski definition) is 2. The van der Waals surface area contributed by atoms with Gasteiger partial charge < -0.3 is 15.8 Å². The smallest absolute Gasteiger partial charge is 0.241 e. The molecular weight excluding hydrogens is 332 g/mol. The number of anilines is 1. The van der Waals surface area contributed by atoms with Gasteiger partial charge in [-0.3, -0.25) is 4.79 Å². The zero-order valence-corrected chi connectivity index (χ0v) is 15.6. The molecule has 6 heteroatoms.